The fourth-order valence-electron chi connectivity index (χ4n) is 1.46. The molecule has 0 saturated carbocycles. The lowest BCUT2D eigenvalue weighted by Crippen LogP contribution is -2.23. The Kier molecular flexibility index (Phi) is 7.69. The van der Waals surface area contributed by atoms with Crippen molar-refractivity contribution in [2.24, 2.45) is 0 Å². The Morgan fingerprint density at radius 3 is 2.89 bits per heavy atom. The zero-order valence-electron chi connectivity index (χ0n) is 11.3. The van der Waals surface area contributed by atoms with E-state index >= 15 is 0 Å². The van der Waals surface area contributed by atoms with Crippen molar-refractivity contribution < 1.29 is 9.47 Å². The van der Waals surface area contributed by atoms with Crippen LogP contribution in [-0.2, 0) is 16.0 Å². The Balaban J connectivity index is 2.34. The first-order valence-corrected chi connectivity index (χ1v) is 7.06. The molecule has 1 aromatic heterocycles. The number of hydrogen-bond acceptors (Lipinski definition) is 5. The minimum absolute atomic E-state index is 0.121. The molecule has 0 fully saturated rings. The number of ether oxygens (including phenoxy) is 2. The topological polar surface area (TPSA) is 65.4 Å². The molecule has 0 saturated heterocycles. The highest BCUT2D eigenvalue weighted by molar-refractivity contribution is 9.10. The average Bonchev–Trinajstić information content (AvgIpc) is 2.42. The summed E-state index contributed by atoms with van der Waals surface area (Å²) >= 11 is 3.29. The molecule has 1 heterocycles. The molecule has 0 radical (unpaired) electrons. The third kappa shape index (κ3) is 5.30. The molecule has 7 heteroatoms. The summed E-state index contributed by atoms with van der Waals surface area (Å²) in [5.74, 6) is 0. The van der Waals surface area contributed by atoms with Crippen molar-refractivity contribution >= 4 is 21.6 Å². The van der Waals surface area contributed by atoms with Crippen LogP contribution < -0.4 is 10.9 Å². The van der Waals surface area contributed by atoms with Crippen molar-refractivity contribution in [1.82, 2.24) is 9.78 Å². The van der Waals surface area contributed by atoms with Crippen molar-refractivity contribution in [2.75, 3.05) is 38.8 Å². The van der Waals surface area contributed by atoms with Gasteiger partial charge in [0.15, 0.2) is 0 Å². The van der Waals surface area contributed by atoms with Crippen LogP contribution in [0.3, 0.4) is 0 Å². The molecule has 0 aliphatic heterocycles. The molecule has 0 unspecified atom stereocenters. The summed E-state index contributed by atoms with van der Waals surface area (Å²) in [7, 11) is 1.65. The summed E-state index contributed by atoms with van der Waals surface area (Å²) in [4.78, 5) is 11.8. The molecule has 0 spiro atoms. The standard InChI is InChI=1S/C12H20BrN3O3/c1-3-16-12(17)11(13)10(9-15-16)14-5-4-6-19-8-7-18-2/h9,14H,3-8H2,1-2H3. The van der Waals surface area contributed by atoms with Crippen molar-refractivity contribution in [1.29, 1.82) is 0 Å². The number of hydrogen-bond donors (Lipinski definition) is 1. The van der Waals surface area contributed by atoms with Gasteiger partial charge in [-0.15, -0.1) is 0 Å². The van der Waals surface area contributed by atoms with Gasteiger partial charge in [-0.1, -0.05) is 0 Å². The first kappa shape index (κ1) is 16.1. The maximum Gasteiger partial charge on any atom is 0.283 e. The maximum absolute atomic E-state index is 11.8. The molecule has 108 valence electrons. The summed E-state index contributed by atoms with van der Waals surface area (Å²) < 4.78 is 12.1. The molecule has 0 aromatic carbocycles. The molecular formula is C12H20BrN3O3. The van der Waals surface area contributed by atoms with Crippen LogP contribution in [0.4, 0.5) is 5.69 Å². The second kappa shape index (κ2) is 9.06. The Bertz CT molecular complexity index is 437. The molecular weight excluding hydrogens is 314 g/mol. The third-order valence-electron chi connectivity index (χ3n) is 2.50. The molecule has 19 heavy (non-hydrogen) atoms. The first-order valence-electron chi connectivity index (χ1n) is 6.26. The average molecular weight is 334 g/mol. The largest absolute Gasteiger partial charge is 0.383 e. The number of aromatic nitrogens is 2. The molecule has 1 N–H and O–H groups in total. The zero-order valence-corrected chi connectivity index (χ0v) is 12.9. The van der Waals surface area contributed by atoms with Crippen LogP contribution in [0, 0.1) is 0 Å². The van der Waals surface area contributed by atoms with E-state index < -0.39 is 0 Å². The van der Waals surface area contributed by atoms with Gasteiger partial charge in [-0.3, -0.25) is 4.79 Å². The monoisotopic (exact) mass is 333 g/mol. The number of halogens is 1. The van der Waals surface area contributed by atoms with Gasteiger partial charge < -0.3 is 14.8 Å². The molecule has 1 rings (SSSR count). The van der Waals surface area contributed by atoms with Gasteiger partial charge >= 0.3 is 0 Å². The van der Waals surface area contributed by atoms with E-state index in [0.29, 0.717) is 36.5 Å². The molecule has 0 amide bonds. The number of aryl methyl sites for hydroxylation is 1. The summed E-state index contributed by atoms with van der Waals surface area (Å²) in [5.41, 5.74) is 0.593. The molecule has 0 aliphatic rings. The molecule has 6 nitrogen and oxygen atoms in total. The SMILES string of the molecule is CCn1ncc(NCCCOCCOC)c(Br)c1=O. The van der Waals surface area contributed by atoms with Gasteiger partial charge in [-0.05, 0) is 29.3 Å². The van der Waals surface area contributed by atoms with Crippen molar-refractivity contribution in [3.05, 3.63) is 21.0 Å². The van der Waals surface area contributed by atoms with Crippen molar-refractivity contribution in [3.63, 3.8) is 0 Å². The summed E-state index contributed by atoms with van der Waals surface area (Å²) in [6.45, 7) is 5.04. The fourth-order valence-corrected chi connectivity index (χ4v) is 1.90. The lowest BCUT2D eigenvalue weighted by atomic mass is 10.4. The van der Waals surface area contributed by atoms with Gasteiger partial charge in [0.2, 0.25) is 0 Å². The van der Waals surface area contributed by atoms with E-state index in [9.17, 15) is 4.79 Å². The highest BCUT2D eigenvalue weighted by Gasteiger charge is 2.06. The number of nitrogens with one attached hydrogen (secondary N) is 1. The fraction of sp³-hybridized carbons (Fsp3) is 0.667. The number of rotatable bonds is 9. The first-order chi connectivity index (χ1) is 9.20. The van der Waals surface area contributed by atoms with E-state index in [-0.39, 0.29) is 5.56 Å². The molecule has 1 aromatic rings. The lowest BCUT2D eigenvalue weighted by molar-refractivity contribution is 0.0705. The highest BCUT2D eigenvalue weighted by Crippen LogP contribution is 2.15. The van der Waals surface area contributed by atoms with Crippen LogP contribution in [0.25, 0.3) is 0 Å². The summed E-state index contributed by atoms with van der Waals surface area (Å²) in [5, 5.41) is 7.22. The van der Waals surface area contributed by atoms with Gasteiger partial charge in [0.05, 0.1) is 25.1 Å². The van der Waals surface area contributed by atoms with Crippen LogP contribution in [-0.4, -0.2) is 43.3 Å². The Hall–Kier alpha value is -0.920. The normalized spacial score (nSPS) is 10.7. The van der Waals surface area contributed by atoms with Gasteiger partial charge in [0.1, 0.15) is 4.47 Å². The van der Waals surface area contributed by atoms with Gasteiger partial charge in [0, 0.05) is 26.8 Å². The van der Waals surface area contributed by atoms with Gasteiger partial charge in [-0.25, -0.2) is 4.68 Å². The predicted octanol–water partition coefficient (Wildman–Crippen LogP) is 1.49. The number of nitrogens with zero attached hydrogens (tertiary/aromatic N) is 2. The zero-order chi connectivity index (χ0) is 14.1. The minimum Gasteiger partial charge on any atom is -0.383 e. The third-order valence-corrected chi connectivity index (χ3v) is 3.26. The van der Waals surface area contributed by atoms with Crippen molar-refractivity contribution in [2.45, 2.75) is 19.9 Å². The van der Waals surface area contributed by atoms with Gasteiger partial charge in [-0.2, -0.15) is 5.10 Å². The van der Waals surface area contributed by atoms with Crippen LogP contribution >= 0.6 is 15.9 Å². The second-order valence-corrected chi connectivity index (χ2v) is 4.67. The summed E-state index contributed by atoms with van der Waals surface area (Å²) in [6.07, 6.45) is 2.51. The second-order valence-electron chi connectivity index (χ2n) is 3.88. The maximum atomic E-state index is 11.8. The minimum atomic E-state index is -0.121. The van der Waals surface area contributed by atoms with E-state index in [2.05, 4.69) is 26.3 Å². The van der Waals surface area contributed by atoms with E-state index in [4.69, 9.17) is 9.47 Å². The van der Waals surface area contributed by atoms with E-state index in [0.717, 1.165) is 13.0 Å². The van der Waals surface area contributed by atoms with Crippen molar-refractivity contribution in [3.8, 4) is 0 Å². The van der Waals surface area contributed by atoms with Gasteiger partial charge in [0.25, 0.3) is 5.56 Å². The highest BCUT2D eigenvalue weighted by atomic mass is 79.9. The van der Waals surface area contributed by atoms with E-state index in [1.165, 1.54) is 4.68 Å². The Morgan fingerprint density at radius 2 is 2.21 bits per heavy atom. The van der Waals surface area contributed by atoms with Crippen LogP contribution in [0.1, 0.15) is 13.3 Å². The number of methoxy groups -OCH3 is 1. The summed E-state index contributed by atoms with van der Waals surface area (Å²) in [6, 6.07) is 0. The smallest absolute Gasteiger partial charge is 0.283 e. The lowest BCUT2D eigenvalue weighted by Gasteiger charge is -2.09. The number of anilines is 1. The Morgan fingerprint density at radius 1 is 1.42 bits per heavy atom. The Labute approximate surface area is 121 Å². The predicted molar refractivity (Wildman–Crippen MR) is 77.7 cm³/mol. The molecule has 0 aliphatic carbocycles. The quantitative estimate of drug-likeness (QED) is 0.693. The van der Waals surface area contributed by atoms with Crippen LogP contribution in [0.15, 0.2) is 15.5 Å². The molecule has 0 bridgehead atoms. The van der Waals surface area contributed by atoms with E-state index in [1.54, 1.807) is 13.3 Å². The van der Waals surface area contributed by atoms with E-state index in [1.807, 2.05) is 6.92 Å². The molecule has 0 atom stereocenters. The van der Waals surface area contributed by atoms with Crippen LogP contribution in [0.2, 0.25) is 0 Å². The van der Waals surface area contributed by atoms with Crippen LogP contribution in [0.5, 0.6) is 0 Å².